The van der Waals surface area contributed by atoms with Crippen molar-refractivity contribution in [3.63, 3.8) is 0 Å². The van der Waals surface area contributed by atoms with Crippen LogP contribution in [0.1, 0.15) is 6.92 Å². The summed E-state index contributed by atoms with van der Waals surface area (Å²) in [6, 6.07) is 2.60. The van der Waals surface area contributed by atoms with Crippen molar-refractivity contribution in [1.82, 2.24) is 0 Å². The van der Waals surface area contributed by atoms with E-state index in [2.05, 4.69) is 10.7 Å². The number of hydrogen-bond acceptors (Lipinski definition) is 5. The molecule has 100 valence electrons. The quantitative estimate of drug-likeness (QED) is 0.140. The van der Waals surface area contributed by atoms with Crippen LogP contribution in [-0.4, -0.2) is 33.3 Å². The molecule has 0 amide bonds. The van der Waals surface area contributed by atoms with E-state index in [1.165, 1.54) is 6.92 Å². The summed E-state index contributed by atoms with van der Waals surface area (Å²) >= 11 is -5.25. The minimum absolute atomic E-state index is 0.426. The number of hydrogen-bond donors (Lipinski definition) is 2. The normalized spacial score (nSPS) is 10.3. The van der Waals surface area contributed by atoms with E-state index >= 15 is 0 Å². The van der Waals surface area contributed by atoms with Gasteiger partial charge in [0, 0.05) is 0 Å². The number of nitrogens with zero attached hydrogens (tertiary/aromatic N) is 1. The molecular weight excluding hydrogens is 321 g/mol. The fourth-order valence-corrected chi connectivity index (χ4v) is 2.32. The summed E-state index contributed by atoms with van der Waals surface area (Å²) in [6.45, 7) is 1.38. The zero-order valence-electron chi connectivity index (χ0n) is 9.56. The fraction of sp³-hybridized carbons (Fsp3) is 0.100. The summed E-state index contributed by atoms with van der Waals surface area (Å²) in [5, 5.41) is 10.8. The summed E-state index contributed by atoms with van der Waals surface area (Å²) in [4.78, 5) is 21.0. The third-order valence-corrected chi connectivity index (χ3v) is 3.90. The van der Waals surface area contributed by atoms with E-state index in [0.717, 1.165) is 12.1 Å². The Bertz CT molecular complexity index is 637. The average Bonchev–Trinajstić information content (AvgIpc) is 2.27. The number of esters is 1. The molecule has 8 nitrogen and oxygen atoms in total. The van der Waals surface area contributed by atoms with Gasteiger partial charge in [-0.15, -0.1) is 0 Å². The molecule has 1 aromatic carbocycles. The summed E-state index contributed by atoms with van der Waals surface area (Å²) in [5.41, 5.74) is -0.714. The van der Waals surface area contributed by atoms with Crippen molar-refractivity contribution in [2.75, 3.05) is 0 Å². The molecule has 0 atom stereocenters. The van der Waals surface area contributed by atoms with E-state index in [0.29, 0.717) is 6.07 Å². The first-order valence-electron chi connectivity index (χ1n) is 4.75. The van der Waals surface area contributed by atoms with E-state index in [4.69, 9.17) is 8.19 Å². The first-order chi connectivity index (χ1) is 8.75. The maximum atomic E-state index is 11.1. The third-order valence-electron chi connectivity index (χ3n) is 1.91. The molecule has 0 fully saturated rings. The molecule has 9 heteroatoms. The van der Waals surface area contributed by atoms with Crippen molar-refractivity contribution in [3.05, 3.63) is 28.3 Å². The van der Waals surface area contributed by atoms with Crippen LogP contribution in [0.4, 0.5) is 5.69 Å². The van der Waals surface area contributed by atoms with Gasteiger partial charge < -0.3 is 0 Å². The molecule has 19 heavy (non-hydrogen) atoms. The van der Waals surface area contributed by atoms with E-state index in [9.17, 15) is 18.6 Å². The van der Waals surface area contributed by atoms with Crippen LogP contribution in [0.2, 0.25) is 0 Å². The molecule has 2 N–H and O–H groups in total. The number of rotatable bonds is 3. The molecule has 1 rings (SSSR count). The molecule has 0 unspecified atom stereocenters. The Morgan fingerprint density at radius 3 is 2.58 bits per heavy atom. The van der Waals surface area contributed by atoms with Crippen LogP contribution >= 0.6 is 0 Å². The van der Waals surface area contributed by atoms with Crippen molar-refractivity contribution in [2.24, 2.45) is 0 Å². The summed E-state index contributed by atoms with van der Waals surface area (Å²) in [5.74, 6) is 2.85. The second kappa shape index (κ2) is 5.71. The van der Waals surface area contributed by atoms with E-state index in [-0.39, 0.29) is 0 Å². The van der Waals surface area contributed by atoms with Crippen LogP contribution in [0.3, 0.4) is 0 Å². The molecule has 0 aliphatic rings. The van der Waals surface area contributed by atoms with Gasteiger partial charge in [-0.3, -0.25) is 0 Å². The first kappa shape index (κ1) is 15.0. The number of ether oxygens (including phenoxy) is 1. The van der Waals surface area contributed by atoms with Crippen molar-refractivity contribution in [3.8, 4) is 17.6 Å². The molecule has 0 saturated carbocycles. The number of carbonyl (C=O) groups excluding carboxylic acids is 1. The van der Waals surface area contributed by atoms with Crippen LogP contribution in [-0.2, 0) is 8.53 Å². The second-order valence-corrected chi connectivity index (χ2v) is 6.58. The predicted octanol–water partition coefficient (Wildman–Crippen LogP) is -0.916. The monoisotopic (exact) mass is 329 g/mol. The fourth-order valence-electron chi connectivity index (χ4n) is 1.14. The van der Waals surface area contributed by atoms with Crippen LogP contribution in [0.5, 0.6) is 5.75 Å². The van der Waals surface area contributed by atoms with Crippen molar-refractivity contribution in [2.45, 2.75) is 6.92 Å². The topological polar surface area (TPSA) is 127 Å². The van der Waals surface area contributed by atoms with Gasteiger partial charge >= 0.3 is 109 Å². The second-order valence-electron chi connectivity index (χ2n) is 3.22. The van der Waals surface area contributed by atoms with Gasteiger partial charge in [0.05, 0.1) is 0 Å². The van der Waals surface area contributed by atoms with Crippen molar-refractivity contribution < 1.29 is 26.4 Å². The number of nitro groups is 1. The zero-order chi connectivity index (χ0) is 14.6. The Kier molecular flexibility index (Phi) is 4.51. The van der Waals surface area contributed by atoms with Gasteiger partial charge in [-0.1, -0.05) is 0 Å². The Labute approximate surface area is 110 Å². The van der Waals surface area contributed by atoms with Gasteiger partial charge in [-0.05, 0) is 0 Å². The average molecular weight is 329 g/mol. The number of benzene rings is 1. The molecule has 0 spiro atoms. The summed E-state index contributed by atoms with van der Waals surface area (Å²) in [6.07, 6.45) is 0. The molecule has 0 aromatic heterocycles. The molecule has 0 heterocycles. The van der Waals surface area contributed by atoms with E-state index in [1.54, 1.807) is 0 Å². The van der Waals surface area contributed by atoms with Gasteiger partial charge in [0.2, 0.25) is 0 Å². The summed E-state index contributed by atoms with van der Waals surface area (Å²) < 4.78 is 33.1. The Morgan fingerprint density at radius 1 is 1.47 bits per heavy atom. The molecule has 0 radical (unpaired) electrons. The standard InChI is InChI=1S/C10H8AsNO7/c1-2-3-10(13)19-9-5-4-7(11(14,15)16)6-8(9)12(17)18/h4-6H,1H3,(H2,14,15,16). The van der Waals surface area contributed by atoms with Gasteiger partial charge in [0.15, 0.2) is 0 Å². The maximum absolute atomic E-state index is 11.1. The summed E-state index contributed by atoms with van der Waals surface area (Å²) in [7, 11) is 0. The first-order valence-corrected chi connectivity index (χ1v) is 8.13. The molecule has 1 aromatic rings. The Morgan fingerprint density at radius 2 is 2.11 bits per heavy atom. The SMILES string of the molecule is CC#CC(=O)Oc1ccc([As](=O)(O)O)cc1[N+](=O)[O-]. The molecule has 0 saturated heterocycles. The van der Waals surface area contributed by atoms with E-state index in [1.807, 2.05) is 5.92 Å². The molecular formula is C10H8AsNO7. The Balaban J connectivity index is 3.26. The Hall–Kier alpha value is -2.07. The van der Waals surface area contributed by atoms with Gasteiger partial charge in [-0.2, -0.15) is 0 Å². The van der Waals surface area contributed by atoms with Gasteiger partial charge in [0.25, 0.3) is 0 Å². The number of carbonyl (C=O) groups is 1. The van der Waals surface area contributed by atoms with Gasteiger partial charge in [0.1, 0.15) is 0 Å². The molecule has 0 aliphatic carbocycles. The van der Waals surface area contributed by atoms with Crippen LogP contribution in [0.15, 0.2) is 18.2 Å². The zero-order valence-corrected chi connectivity index (χ0v) is 11.4. The van der Waals surface area contributed by atoms with E-state index < -0.39 is 40.9 Å². The minimum atomic E-state index is -5.25. The van der Waals surface area contributed by atoms with Crippen molar-refractivity contribution >= 4 is 30.2 Å². The third kappa shape index (κ3) is 3.96. The van der Waals surface area contributed by atoms with Gasteiger partial charge in [-0.25, -0.2) is 0 Å². The number of nitro benzene ring substituents is 1. The van der Waals surface area contributed by atoms with Crippen LogP contribution in [0.25, 0.3) is 0 Å². The molecule has 0 bridgehead atoms. The predicted molar refractivity (Wildman–Crippen MR) is 62.7 cm³/mol. The molecule has 0 aliphatic heterocycles. The van der Waals surface area contributed by atoms with Crippen molar-refractivity contribution in [1.29, 1.82) is 0 Å². The van der Waals surface area contributed by atoms with Crippen LogP contribution < -0.4 is 9.09 Å². The van der Waals surface area contributed by atoms with Crippen LogP contribution in [0, 0.1) is 22.0 Å².